The first-order chi connectivity index (χ1) is 9.61. The molecule has 2 aromatic rings. The van der Waals surface area contributed by atoms with E-state index in [-0.39, 0.29) is 0 Å². The molecule has 1 aromatic heterocycles. The molecule has 0 bridgehead atoms. The Morgan fingerprint density at radius 3 is 2.80 bits per heavy atom. The third-order valence-corrected chi connectivity index (χ3v) is 3.48. The highest BCUT2D eigenvalue weighted by molar-refractivity contribution is 6.33. The lowest BCUT2D eigenvalue weighted by atomic mass is 10.1. The number of hydrogen-bond acceptors (Lipinski definition) is 2. The van der Waals surface area contributed by atoms with Gasteiger partial charge in [0.2, 0.25) is 0 Å². The highest BCUT2D eigenvalue weighted by Gasteiger charge is 2.10. The van der Waals surface area contributed by atoms with Gasteiger partial charge in [0.05, 0.1) is 5.02 Å². The maximum absolute atomic E-state index is 6.43. The monoisotopic (exact) mass is 291 g/mol. The average molecular weight is 292 g/mol. The lowest BCUT2D eigenvalue weighted by Crippen LogP contribution is -2.21. The van der Waals surface area contributed by atoms with Crippen LogP contribution in [-0.2, 0) is 13.1 Å². The van der Waals surface area contributed by atoms with Crippen molar-refractivity contribution in [3.8, 4) is 11.4 Å². The molecule has 1 aromatic carbocycles. The summed E-state index contributed by atoms with van der Waals surface area (Å²) in [6.45, 7) is 8.23. The number of nitrogens with zero attached hydrogens (tertiary/aromatic N) is 2. The molecule has 0 amide bonds. The molecule has 0 radical (unpaired) electrons. The molecule has 4 heteroatoms. The molecule has 0 atom stereocenters. The van der Waals surface area contributed by atoms with Gasteiger partial charge in [0, 0.05) is 37.1 Å². The Morgan fingerprint density at radius 2 is 2.15 bits per heavy atom. The van der Waals surface area contributed by atoms with Gasteiger partial charge in [-0.05, 0) is 24.1 Å². The second-order valence-corrected chi connectivity index (χ2v) is 5.70. The summed E-state index contributed by atoms with van der Waals surface area (Å²) in [6, 6.07) is 6.67. The summed E-state index contributed by atoms with van der Waals surface area (Å²) < 4.78 is 2.15. The largest absolute Gasteiger partial charge is 0.331 e. The fourth-order valence-electron chi connectivity index (χ4n) is 2.15. The van der Waals surface area contributed by atoms with Crippen LogP contribution in [0.25, 0.3) is 11.4 Å². The van der Waals surface area contributed by atoms with E-state index < -0.39 is 0 Å². The quantitative estimate of drug-likeness (QED) is 0.868. The van der Waals surface area contributed by atoms with Crippen molar-refractivity contribution in [3.63, 3.8) is 0 Å². The zero-order valence-electron chi connectivity index (χ0n) is 12.4. The van der Waals surface area contributed by atoms with Crippen molar-refractivity contribution < 1.29 is 0 Å². The molecule has 2 rings (SSSR count). The Bertz CT molecular complexity index is 561. The molecule has 20 heavy (non-hydrogen) atoms. The van der Waals surface area contributed by atoms with Crippen LogP contribution in [0, 0.1) is 0 Å². The minimum absolute atomic E-state index is 0.469. The van der Waals surface area contributed by atoms with Gasteiger partial charge in [0.25, 0.3) is 0 Å². The van der Waals surface area contributed by atoms with E-state index in [1.54, 1.807) is 0 Å². The van der Waals surface area contributed by atoms with Gasteiger partial charge in [-0.15, -0.1) is 0 Å². The minimum atomic E-state index is 0.469. The van der Waals surface area contributed by atoms with Gasteiger partial charge < -0.3 is 9.88 Å². The molecule has 0 fully saturated rings. The number of nitrogens with one attached hydrogen (secondary N) is 1. The van der Waals surface area contributed by atoms with Crippen LogP contribution in [0.15, 0.2) is 30.6 Å². The van der Waals surface area contributed by atoms with E-state index >= 15 is 0 Å². The maximum atomic E-state index is 6.43. The van der Waals surface area contributed by atoms with Gasteiger partial charge >= 0.3 is 0 Å². The van der Waals surface area contributed by atoms with E-state index in [0.29, 0.717) is 6.04 Å². The van der Waals surface area contributed by atoms with Crippen LogP contribution >= 0.6 is 11.6 Å². The highest BCUT2D eigenvalue weighted by Crippen LogP contribution is 2.27. The van der Waals surface area contributed by atoms with Crippen LogP contribution < -0.4 is 5.32 Å². The van der Waals surface area contributed by atoms with Crippen LogP contribution in [-0.4, -0.2) is 15.6 Å². The van der Waals surface area contributed by atoms with Gasteiger partial charge in [0.1, 0.15) is 5.82 Å². The van der Waals surface area contributed by atoms with Gasteiger partial charge in [-0.2, -0.15) is 0 Å². The first-order valence-corrected chi connectivity index (χ1v) is 7.53. The smallest absolute Gasteiger partial charge is 0.141 e. The van der Waals surface area contributed by atoms with Crippen molar-refractivity contribution in [2.24, 2.45) is 0 Å². The molecule has 1 N–H and O–H groups in total. The third-order valence-electron chi connectivity index (χ3n) is 3.17. The fraction of sp³-hybridized carbons (Fsp3) is 0.438. The van der Waals surface area contributed by atoms with E-state index in [4.69, 9.17) is 11.6 Å². The first-order valence-electron chi connectivity index (χ1n) is 7.15. The normalized spacial score (nSPS) is 11.2. The Labute approximate surface area is 126 Å². The summed E-state index contributed by atoms with van der Waals surface area (Å²) in [5, 5.41) is 4.16. The van der Waals surface area contributed by atoms with Crippen molar-refractivity contribution in [3.05, 3.63) is 41.2 Å². The lowest BCUT2D eigenvalue weighted by Gasteiger charge is -2.11. The van der Waals surface area contributed by atoms with E-state index in [9.17, 15) is 0 Å². The number of halogens is 1. The molecule has 0 unspecified atom stereocenters. The summed E-state index contributed by atoms with van der Waals surface area (Å²) in [6.07, 6.45) is 4.91. The topological polar surface area (TPSA) is 29.9 Å². The first kappa shape index (κ1) is 15.1. The molecule has 0 saturated heterocycles. The number of rotatable bonds is 6. The minimum Gasteiger partial charge on any atom is -0.331 e. The molecule has 1 heterocycles. The van der Waals surface area contributed by atoms with Gasteiger partial charge in [-0.1, -0.05) is 38.4 Å². The van der Waals surface area contributed by atoms with E-state index in [1.165, 1.54) is 5.56 Å². The summed E-state index contributed by atoms with van der Waals surface area (Å²) in [5.74, 6) is 0.945. The van der Waals surface area contributed by atoms with Crippen molar-refractivity contribution in [2.45, 2.75) is 46.3 Å². The molecule has 0 saturated carbocycles. The number of benzene rings is 1. The Kier molecular flexibility index (Phi) is 5.21. The van der Waals surface area contributed by atoms with E-state index in [1.807, 2.05) is 18.5 Å². The zero-order valence-corrected chi connectivity index (χ0v) is 13.1. The Hall–Kier alpha value is -1.32. The highest BCUT2D eigenvalue weighted by atomic mass is 35.5. The SMILES string of the molecule is CCCn1ccnc1-c1ccc(CNC(C)C)cc1Cl. The summed E-state index contributed by atoms with van der Waals surface area (Å²) >= 11 is 6.43. The lowest BCUT2D eigenvalue weighted by molar-refractivity contribution is 0.589. The fourth-order valence-corrected chi connectivity index (χ4v) is 2.43. The summed E-state index contributed by atoms with van der Waals surface area (Å²) in [7, 11) is 0. The zero-order chi connectivity index (χ0) is 14.5. The second-order valence-electron chi connectivity index (χ2n) is 5.29. The third kappa shape index (κ3) is 3.62. The van der Waals surface area contributed by atoms with Crippen molar-refractivity contribution in [1.29, 1.82) is 0 Å². The summed E-state index contributed by atoms with van der Waals surface area (Å²) in [5.41, 5.74) is 2.19. The van der Waals surface area contributed by atoms with Crippen molar-refractivity contribution >= 4 is 11.6 Å². The number of aryl methyl sites for hydroxylation is 1. The van der Waals surface area contributed by atoms with Crippen LogP contribution in [0.3, 0.4) is 0 Å². The van der Waals surface area contributed by atoms with Crippen LogP contribution in [0.1, 0.15) is 32.8 Å². The predicted octanol–water partition coefficient (Wildman–Crippen LogP) is 4.11. The Morgan fingerprint density at radius 1 is 1.35 bits per heavy atom. The number of hydrogen-bond donors (Lipinski definition) is 1. The van der Waals surface area contributed by atoms with Gasteiger partial charge in [-0.25, -0.2) is 4.98 Å². The van der Waals surface area contributed by atoms with Gasteiger partial charge in [-0.3, -0.25) is 0 Å². The predicted molar refractivity (Wildman–Crippen MR) is 84.9 cm³/mol. The number of imidazole rings is 1. The van der Waals surface area contributed by atoms with Crippen LogP contribution in [0.4, 0.5) is 0 Å². The second kappa shape index (κ2) is 6.91. The van der Waals surface area contributed by atoms with E-state index in [2.05, 4.69) is 47.8 Å². The molecule has 0 aliphatic rings. The van der Waals surface area contributed by atoms with Gasteiger partial charge in [0.15, 0.2) is 0 Å². The number of aromatic nitrogens is 2. The average Bonchev–Trinajstić information content (AvgIpc) is 2.85. The van der Waals surface area contributed by atoms with E-state index in [0.717, 1.165) is 35.9 Å². The molecule has 108 valence electrons. The van der Waals surface area contributed by atoms with Crippen molar-refractivity contribution in [2.75, 3.05) is 0 Å². The molecule has 0 aliphatic heterocycles. The maximum Gasteiger partial charge on any atom is 0.141 e. The molecule has 3 nitrogen and oxygen atoms in total. The Balaban J connectivity index is 2.23. The van der Waals surface area contributed by atoms with Crippen LogP contribution in [0.2, 0.25) is 5.02 Å². The van der Waals surface area contributed by atoms with Crippen LogP contribution in [0.5, 0.6) is 0 Å². The molecular weight excluding hydrogens is 270 g/mol. The van der Waals surface area contributed by atoms with Crippen molar-refractivity contribution in [1.82, 2.24) is 14.9 Å². The standard InChI is InChI=1S/C16H22ClN3/c1-4-8-20-9-7-18-16(20)14-6-5-13(10-15(14)17)11-19-12(2)3/h5-7,9-10,12,19H,4,8,11H2,1-3H3. The molecular formula is C16H22ClN3. The summed E-state index contributed by atoms with van der Waals surface area (Å²) in [4.78, 5) is 4.43. The molecule has 0 aliphatic carbocycles. The molecule has 0 spiro atoms.